The molecule has 5 nitrogen and oxygen atoms in total. The Labute approximate surface area is 140 Å². The van der Waals surface area contributed by atoms with Crippen LogP contribution in [0.3, 0.4) is 0 Å². The van der Waals surface area contributed by atoms with Crippen molar-refractivity contribution in [2.24, 2.45) is 0 Å². The maximum atomic E-state index is 12.6. The van der Waals surface area contributed by atoms with Gasteiger partial charge in [-0.25, -0.2) is 8.42 Å². The van der Waals surface area contributed by atoms with E-state index < -0.39 is 10.0 Å². The third-order valence-corrected chi connectivity index (χ3v) is 5.38. The maximum Gasteiger partial charge on any atom is 0.261 e. The van der Waals surface area contributed by atoms with Gasteiger partial charge in [0.2, 0.25) is 0 Å². The molecule has 0 aliphatic carbocycles. The lowest BCUT2D eigenvalue weighted by atomic mass is 10.2. The molecule has 1 aliphatic heterocycles. The molecule has 1 N–H and O–H groups in total. The van der Waals surface area contributed by atoms with Crippen molar-refractivity contribution >= 4 is 33.0 Å². The van der Waals surface area contributed by atoms with Crippen molar-refractivity contribution in [2.45, 2.75) is 11.8 Å². The molecule has 0 spiro atoms. The van der Waals surface area contributed by atoms with Gasteiger partial charge in [0.15, 0.2) is 0 Å². The molecule has 122 valence electrons. The van der Waals surface area contributed by atoms with Gasteiger partial charge in [-0.15, -0.1) is 0 Å². The molecular formula is C16H17ClN2O3S. The molecule has 0 saturated heterocycles. The van der Waals surface area contributed by atoms with Crippen molar-refractivity contribution in [3.8, 4) is 5.75 Å². The number of likely N-dealkylation sites (N-methyl/N-ethyl adjacent to an activating group) is 1. The molecule has 1 heterocycles. The van der Waals surface area contributed by atoms with Gasteiger partial charge in [-0.05, 0) is 42.8 Å². The zero-order valence-electron chi connectivity index (χ0n) is 12.8. The van der Waals surface area contributed by atoms with E-state index in [4.69, 9.17) is 16.3 Å². The van der Waals surface area contributed by atoms with E-state index in [1.165, 1.54) is 0 Å². The highest BCUT2D eigenvalue weighted by molar-refractivity contribution is 7.92. The monoisotopic (exact) mass is 352 g/mol. The Morgan fingerprint density at radius 2 is 2.00 bits per heavy atom. The van der Waals surface area contributed by atoms with E-state index in [0.29, 0.717) is 23.1 Å². The zero-order valence-corrected chi connectivity index (χ0v) is 14.4. The van der Waals surface area contributed by atoms with Crippen molar-refractivity contribution in [3.05, 3.63) is 47.0 Å². The van der Waals surface area contributed by atoms with E-state index in [1.54, 1.807) is 36.4 Å². The van der Waals surface area contributed by atoms with Crippen molar-refractivity contribution in [3.63, 3.8) is 0 Å². The van der Waals surface area contributed by atoms with Crippen LogP contribution in [0.25, 0.3) is 0 Å². The number of rotatable bonds is 3. The summed E-state index contributed by atoms with van der Waals surface area (Å²) < 4.78 is 33.4. The van der Waals surface area contributed by atoms with Gasteiger partial charge in [-0.3, -0.25) is 4.72 Å². The number of benzene rings is 2. The van der Waals surface area contributed by atoms with Crippen LogP contribution in [0.4, 0.5) is 11.4 Å². The van der Waals surface area contributed by atoms with Gasteiger partial charge in [-0.1, -0.05) is 17.7 Å². The van der Waals surface area contributed by atoms with E-state index in [9.17, 15) is 8.42 Å². The van der Waals surface area contributed by atoms with Crippen molar-refractivity contribution in [2.75, 3.05) is 29.8 Å². The lowest BCUT2D eigenvalue weighted by molar-refractivity contribution is 0.311. The molecule has 0 saturated carbocycles. The predicted molar refractivity (Wildman–Crippen MR) is 92.2 cm³/mol. The van der Waals surface area contributed by atoms with E-state index in [2.05, 4.69) is 4.72 Å². The van der Waals surface area contributed by atoms with Gasteiger partial charge in [-0.2, -0.15) is 0 Å². The maximum absolute atomic E-state index is 12.6. The fraction of sp³-hybridized carbons (Fsp3) is 0.250. The Balaban J connectivity index is 1.97. The van der Waals surface area contributed by atoms with E-state index >= 15 is 0 Å². The van der Waals surface area contributed by atoms with Gasteiger partial charge < -0.3 is 9.64 Å². The largest absolute Gasteiger partial charge is 0.490 e. The number of hydrogen-bond donors (Lipinski definition) is 1. The van der Waals surface area contributed by atoms with Gasteiger partial charge >= 0.3 is 0 Å². The number of halogens is 1. The second-order valence-corrected chi connectivity index (χ2v) is 7.58. The van der Waals surface area contributed by atoms with Gasteiger partial charge in [0, 0.05) is 12.1 Å². The predicted octanol–water partition coefficient (Wildman–Crippen LogP) is 3.28. The van der Waals surface area contributed by atoms with Crippen molar-refractivity contribution in [1.82, 2.24) is 0 Å². The normalized spacial score (nSPS) is 14.1. The van der Waals surface area contributed by atoms with E-state index in [1.807, 2.05) is 18.9 Å². The third-order valence-electron chi connectivity index (χ3n) is 3.78. The Bertz CT molecular complexity index is 852. The summed E-state index contributed by atoms with van der Waals surface area (Å²) in [7, 11) is -1.79. The molecule has 3 rings (SSSR count). The average Bonchev–Trinajstić information content (AvgIpc) is 2.51. The Morgan fingerprint density at radius 1 is 1.22 bits per heavy atom. The van der Waals surface area contributed by atoms with E-state index in [0.717, 1.165) is 17.8 Å². The standard InChI is InChI=1S/C16H17ClN2O3S/c1-11-3-4-12(17)9-14(11)18-23(20,21)13-5-6-16-15(10-13)19(2)7-8-22-16/h3-6,9-10,18H,7-8H2,1-2H3. The summed E-state index contributed by atoms with van der Waals surface area (Å²) in [6, 6.07) is 9.94. The van der Waals surface area contributed by atoms with Crippen LogP contribution in [-0.2, 0) is 10.0 Å². The molecule has 7 heteroatoms. The third kappa shape index (κ3) is 3.23. The number of nitrogens with zero attached hydrogens (tertiary/aromatic N) is 1. The molecule has 23 heavy (non-hydrogen) atoms. The van der Waals surface area contributed by atoms with Crippen LogP contribution in [0.2, 0.25) is 5.02 Å². The molecule has 0 fully saturated rings. The molecule has 0 radical (unpaired) electrons. The van der Waals surface area contributed by atoms with E-state index in [-0.39, 0.29) is 4.90 Å². The first-order valence-corrected chi connectivity index (χ1v) is 9.00. The molecule has 0 amide bonds. The van der Waals surface area contributed by atoms with Crippen LogP contribution in [0, 0.1) is 6.92 Å². The van der Waals surface area contributed by atoms with Gasteiger partial charge in [0.25, 0.3) is 10.0 Å². The number of hydrogen-bond acceptors (Lipinski definition) is 4. The first-order valence-electron chi connectivity index (χ1n) is 7.14. The number of ether oxygens (including phenoxy) is 1. The first kappa shape index (κ1) is 16.0. The number of fused-ring (bicyclic) bond motifs is 1. The van der Waals surface area contributed by atoms with Crippen LogP contribution >= 0.6 is 11.6 Å². The highest BCUT2D eigenvalue weighted by atomic mass is 35.5. The number of nitrogens with one attached hydrogen (secondary N) is 1. The topological polar surface area (TPSA) is 58.6 Å². The van der Waals surface area contributed by atoms with Crippen LogP contribution in [0.15, 0.2) is 41.3 Å². The van der Waals surface area contributed by atoms with Crippen LogP contribution in [0.1, 0.15) is 5.56 Å². The Kier molecular flexibility index (Phi) is 4.12. The molecule has 0 aromatic heterocycles. The first-order chi connectivity index (χ1) is 10.9. The SMILES string of the molecule is Cc1ccc(Cl)cc1NS(=O)(=O)c1ccc2c(c1)N(C)CCO2. The summed E-state index contributed by atoms with van der Waals surface area (Å²) in [6.07, 6.45) is 0. The molecule has 2 aromatic rings. The molecule has 0 unspecified atom stereocenters. The lowest BCUT2D eigenvalue weighted by Crippen LogP contribution is -2.29. The van der Waals surface area contributed by atoms with Gasteiger partial charge in [0.1, 0.15) is 12.4 Å². The smallest absolute Gasteiger partial charge is 0.261 e. The number of anilines is 2. The quantitative estimate of drug-likeness (QED) is 0.921. The fourth-order valence-corrected chi connectivity index (χ4v) is 3.72. The minimum absolute atomic E-state index is 0.188. The summed E-state index contributed by atoms with van der Waals surface area (Å²) >= 11 is 5.95. The summed E-state index contributed by atoms with van der Waals surface area (Å²) in [4.78, 5) is 2.16. The zero-order chi connectivity index (χ0) is 16.6. The average molecular weight is 353 g/mol. The molecule has 0 atom stereocenters. The lowest BCUT2D eigenvalue weighted by Gasteiger charge is -2.28. The highest BCUT2D eigenvalue weighted by Crippen LogP contribution is 2.33. The Hall–Kier alpha value is -1.92. The molecule has 0 bridgehead atoms. The summed E-state index contributed by atoms with van der Waals surface area (Å²) in [6.45, 7) is 3.13. The minimum Gasteiger partial charge on any atom is -0.490 e. The summed E-state index contributed by atoms with van der Waals surface area (Å²) in [5.41, 5.74) is 2.04. The van der Waals surface area contributed by atoms with Crippen molar-refractivity contribution < 1.29 is 13.2 Å². The van der Waals surface area contributed by atoms with Crippen LogP contribution < -0.4 is 14.4 Å². The minimum atomic E-state index is -3.70. The second-order valence-electron chi connectivity index (χ2n) is 5.46. The number of sulfonamides is 1. The summed E-state index contributed by atoms with van der Waals surface area (Å²) in [5.74, 6) is 0.691. The molecule has 1 aliphatic rings. The number of aryl methyl sites for hydroxylation is 1. The fourth-order valence-electron chi connectivity index (χ4n) is 2.41. The highest BCUT2D eigenvalue weighted by Gasteiger charge is 2.21. The second kappa shape index (κ2) is 5.94. The van der Waals surface area contributed by atoms with Gasteiger partial charge in [0.05, 0.1) is 22.8 Å². The molecule has 2 aromatic carbocycles. The summed E-state index contributed by atoms with van der Waals surface area (Å²) in [5, 5.41) is 0.479. The molecular weight excluding hydrogens is 336 g/mol. The van der Waals surface area contributed by atoms with Crippen LogP contribution in [-0.4, -0.2) is 28.6 Å². The van der Waals surface area contributed by atoms with Crippen molar-refractivity contribution in [1.29, 1.82) is 0 Å². The van der Waals surface area contributed by atoms with Crippen LogP contribution in [0.5, 0.6) is 5.75 Å². The Morgan fingerprint density at radius 3 is 2.78 bits per heavy atom.